The molecular formula is C14H12N4. The van der Waals surface area contributed by atoms with E-state index in [-0.39, 0.29) is 13.1 Å². The third-order valence-electron chi connectivity index (χ3n) is 3.06. The highest BCUT2D eigenvalue weighted by Gasteiger charge is 2.17. The molecule has 0 aliphatic heterocycles. The summed E-state index contributed by atoms with van der Waals surface area (Å²) in [5.41, 5.74) is 13.5. The van der Waals surface area contributed by atoms with Crippen LogP contribution < -0.4 is 11.5 Å². The fourth-order valence-electron chi connectivity index (χ4n) is 2.25. The van der Waals surface area contributed by atoms with Gasteiger partial charge >= 0.3 is 0 Å². The maximum Gasteiger partial charge on any atom is 0.101 e. The van der Waals surface area contributed by atoms with Crippen molar-refractivity contribution in [3.8, 4) is 12.1 Å². The lowest BCUT2D eigenvalue weighted by Crippen LogP contribution is -2.09. The first-order valence-corrected chi connectivity index (χ1v) is 5.55. The highest BCUT2D eigenvalue weighted by molar-refractivity contribution is 5.93. The van der Waals surface area contributed by atoms with Gasteiger partial charge in [-0.1, -0.05) is 24.3 Å². The van der Waals surface area contributed by atoms with Crippen LogP contribution in [0.4, 0.5) is 0 Å². The minimum Gasteiger partial charge on any atom is -0.326 e. The molecule has 2 aromatic carbocycles. The molecule has 4 N–H and O–H groups in total. The molecule has 0 bridgehead atoms. The number of hydrogen-bond acceptors (Lipinski definition) is 4. The van der Waals surface area contributed by atoms with Crippen molar-refractivity contribution in [1.29, 1.82) is 10.5 Å². The van der Waals surface area contributed by atoms with Crippen molar-refractivity contribution in [2.75, 3.05) is 0 Å². The molecule has 0 spiro atoms. The number of fused-ring (bicyclic) bond motifs is 1. The SMILES string of the molecule is N#Cc1c(C#N)c(CN)c2ccccc2c1CN. The van der Waals surface area contributed by atoms with E-state index in [9.17, 15) is 10.5 Å². The zero-order valence-corrected chi connectivity index (χ0v) is 9.77. The maximum absolute atomic E-state index is 9.24. The first-order valence-electron chi connectivity index (χ1n) is 5.55. The number of nitriles is 2. The summed E-state index contributed by atoms with van der Waals surface area (Å²) in [6.07, 6.45) is 0. The average molecular weight is 236 g/mol. The van der Waals surface area contributed by atoms with Gasteiger partial charge in [0.25, 0.3) is 0 Å². The van der Waals surface area contributed by atoms with Crippen molar-refractivity contribution in [3.63, 3.8) is 0 Å². The molecule has 0 atom stereocenters. The molecular weight excluding hydrogens is 224 g/mol. The van der Waals surface area contributed by atoms with Crippen LogP contribution in [0.5, 0.6) is 0 Å². The lowest BCUT2D eigenvalue weighted by molar-refractivity contribution is 1.05. The van der Waals surface area contributed by atoms with Gasteiger partial charge in [-0.3, -0.25) is 0 Å². The molecule has 0 unspecified atom stereocenters. The predicted molar refractivity (Wildman–Crippen MR) is 69.2 cm³/mol. The molecule has 18 heavy (non-hydrogen) atoms. The maximum atomic E-state index is 9.24. The molecule has 0 radical (unpaired) electrons. The Hall–Kier alpha value is -2.40. The summed E-state index contributed by atoms with van der Waals surface area (Å²) in [6.45, 7) is 0.450. The van der Waals surface area contributed by atoms with Gasteiger partial charge in [0.05, 0.1) is 11.1 Å². The molecule has 0 fully saturated rings. The predicted octanol–water partition coefficient (Wildman–Crippen LogP) is 1.50. The van der Waals surface area contributed by atoms with Crippen LogP contribution in [0.15, 0.2) is 24.3 Å². The van der Waals surface area contributed by atoms with Crippen LogP contribution in [-0.4, -0.2) is 0 Å². The minimum atomic E-state index is 0.225. The Kier molecular flexibility index (Phi) is 3.25. The molecule has 4 nitrogen and oxygen atoms in total. The third kappa shape index (κ3) is 1.61. The summed E-state index contributed by atoms with van der Waals surface area (Å²) in [5.74, 6) is 0. The number of benzene rings is 2. The highest BCUT2D eigenvalue weighted by atomic mass is 14.6. The molecule has 0 aromatic heterocycles. The Labute approximate surface area is 105 Å². The summed E-state index contributed by atoms with van der Waals surface area (Å²) >= 11 is 0. The van der Waals surface area contributed by atoms with Gasteiger partial charge in [0.15, 0.2) is 0 Å². The molecule has 0 heterocycles. The first kappa shape index (κ1) is 12.1. The van der Waals surface area contributed by atoms with Crippen LogP contribution in [0, 0.1) is 22.7 Å². The molecule has 0 aliphatic carbocycles. The number of hydrogen-bond donors (Lipinski definition) is 2. The average Bonchev–Trinajstić information content (AvgIpc) is 2.44. The molecule has 4 heteroatoms. The molecule has 0 aliphatic rings. The molecule has 88 valence electrons. The fourth-order valence-corrected chi connectivity index (χ4v) is 2.25. The van der Waals surface area contributed by atoms with Crippen molar-refractivity contribution < 1.29 is 0 Å². The largest absolute Gasteiger partial charge is 0.326 e. The van der Waals surface area contributed by atoms with Gasteiger partial charge in [0.1, 0.15) is 12.1 Å². The van der Waals surface area contributed by atoms with E-state index in [1.54, 1.807) is 0 Å². The van der Waals surface area contributed by atoms with Gasteiger partial charge < -0.3 is 11.5 Å². The van der Waals surface area contributed by atoms with Crippen LogP contribution in [-0.2, 0) is 13.1 Å². The smallest absolute Gasteiger partial charge is 0.101 e. The summed E-state index contributed by atoms with van der Waals surface area (Å²) < 4.78 is 0. The Morgan fingerprint density at radius 2 is 1.22 bits per heavy atom. The lowest BCUT2D eigenvalue weighted by atomic mass is 9.90. The van der Waals surface area contributed by atoms with Crippen LogP contribution in [0.3, 0.4) is 0 Å². The third-order valence-corrected chi connectivity index (χ3v) is 3.06. The van der Waals surface area contributed by atoms with Crippen molar-refractivity contribution in [3.05, 3.63) is 46.5 Å². The topological polar surface area (TPSA) is 99.6 Å². The first-order chi connectivity index (χ1) is 8.78. The van der Waals surface area contributed by atoms with E-state index < -0.39 is 0 Å². The molecule has 2 aromatic rings. The van der Waals surface area contributed by atoms with E-state index in [1.807, 2.05) is 24.3 Å². The van der Waals surface area contributed by atoms with Crippen molar-refractivity contribution in [2.24, 2.45) is 11.5 Å². The second kappa shape index (κ2) is 4.85. The standard InChI is InChI=1S/C14H12N4/c15-5-11-9-3-1-2-4-10(9)12(6-16)14(8-18)13(11)7-17/h1-4H,5-6,15-16H2. The molecule has 0 amide bonds. The zero-order valence-electron chi connectivity index (χ0n) is 9.77. The highest BCUT2D eigenvalue weighted by Crippen LogP contribution is 2.29. The number of rotatable bonds is 2. The zero-order chi connectivity index (χ0) is 13.1. The van der Waals surface area contributed by atoms with Crippen LogP contribution in [0.2, 0.25) is 0 Å². The Bertz CT molecular complexity index is 629. The normalized spacial score (nSPS) is 10.0. The van der Waals surface area contributed by atoms with E-state index in [4.69, 9.17) is 11.5 Å². The van der Waals surface area contributed by atoms with Gasteiger partial charge in [-0.15, -0.1) is 0 Å². The Morgan fingerprint density at radius 1 is 0.833 bits per heavy atom. The van der Waals surface area contributed by atoms with Crippen molar-refractivity contribution in [2.45, 2.75) is 13.1 Å². The second-order valence-corrected chi connectivity index (χ2v) is 3.88. The van der Waals surface area contributed by atoms with E-state index in [1.165, 1.54) is 0 Å². The Balaban J connectivity index is 3.07. The number of nitrogens with zero attached hydrogens (tertiary/aromatic N) is 2. The summed E-state index contributed by atoms with van der Waals surface area (Å²) in [6, 6.07) is 11.7. The van der Waals surface area contributed by atoms with Crippen LogP contribution >= 0.6 is 0 Å². The molecule has 0 saturated carbocycles. The fraction of sp³-hybridized carbons (Fsp3) is 0.143. The summed E-state index contributed by atoms with van der Waals surface area (Å²) in [4.78, 5) is 0. The van der Waals surface area contributed by atoms with Gasteiger partial charge in [-0.25, -0.2) is 0 Å². The second-order valence-electron chi connectivity index (χ2n) is 3.88. The lowest BCUT2D eigenvalue weighted by Gasteiger charge is -2.13. The summed E-state index contributed by atoms with van der Waals surface area (Å²) in [7, 11) is 0. The van der Waals surface area contributed by atoms with Crippen molar-refractivity contribution >= 4 is 10.8 Å². The van der Waals surface area contributed by atoms with Crippen LogP contribution in [0.1, 0.15) is 22.3 Å². The van der Waals surface area contributed by atoms with E-state index >= 15 is 0 Å². The van der Waals surface area contributed by atoms with Gasteiger partial charge in [0.2, 0.25) is 0 Å². The molecule has 0 saturated heterocycles. The van der Waals surface area contributed by atoms with E-state index in [0.717, 1.165) is 10.8 Å². The van der Waals surface area contributed by atoms with Crippen LogP contribution in [0.25, 0.3) is 10.8 Å². The Morgan fingerprint density at radius 3 is 1.50 bits per heavy atom. The minimum absolute atomic E-state index is 0.225. The molecule has 2 rings (SSSR count). The van der Waals surface area contributed by atoms with Gasteiger partial charge in [-0.2, -0.15) is 10.5 Å². The van der Waals surface area contributed by atoms with Crippen molar-refractivity contribution in [1.82, 2.24) is 0 Å². The summed E-state index contributed by atoms with van der Waals surface area (Å²) in [5, 5.41) is 20.3. The van der Waals surface area contributed by atoms with Gasteiger partial charge in [-0.05, 0) is 21.9 Å². The monoisotopic (exact) mass is 236 g/mol. The number of nitrogens with two attached hydrogens (primary N) is 2. The quantitative estimate of drug-likeness (QED) is 0.825. The van der Waals surface area contributed by atoms with E-state index in [0.29, 0.717) is 22.3 Å². The van der Waals surface area contributed by atoms with Gasteiger partial charge in [0, 0.05) is 13.1 Å². The van der Waals surface area contributed by atoms with E-state index in [2.05, 4.69) is 12.1 Å².